The molecule has 1 aliphatic heterocycles. The zero-order valence-corrected chi connectivity index (χ0v) is 28.7. The number of amides is 1. The van der Waals surface area contributed by atoms with E-state index in [0.29, 0.717) is 21.1 Å². The van der Waals surface area contributed by atoms with Gasteiger partial charge in [-0.15, -0.1) is 0 Å². The Bertz CT molecular complexity index is 1530. The monoisotopic (exact) mass is 684 g/mol. The summed E-state index contributed by atoms with van der Waals surface area (Å²) in [4.78, 5) is 24.3. The van der Waals surface area contributed by atoms with Crippen molar-refractivity contribution in [1.29, 1.82) is 0 Å². The SMILES string of the molecule is CC(C)(C)OC(=O)N1CC(c2nc(Br)c3c(Cl)nccn23)OCC1CO[Si](c1ccccc1)(c1ccccc1)C(C)(C)C. The lowest BCUT2D eigenvalue weighted by molar-refractivity contribution is -0.0830. The molecule has 2 atom stereocenters. The van der Waals surface area contributed by atoms with E-state index in [-0.39, 0.29) is 30.8 Å². The van der Waals surface area contributed by atoms with Crippen LogP contribution < -0.4 is 10.4 Å². The number of fused-ring (bicyclic) bond motifs is 1. The van der Waals surface area contributed by atoms with Crippen molar-refractivity contribution in [3.05, 3.63) is 88.6 Å². The molecule has 228 valence electrons. The second-order valence-electron chi connectivity index (χ2n) is 12.8. The molecule has 2 aromatic carbocycles. The van der Waals surface area contributed by atoms with Gasteiger partial charge in [-0.1, -0.05) is 93.0 Å². The molecule has 2 unspecified atom stereocenters. The van der Waals surface area contributed by atoms with Crippen LogP contribution in [0.1, 0.15) is 53.5 Å². The normalized spacial score (nSPS) is 18.2. The predicted molar refractivity (Wildman–Crippen MR) is 175 cm³/mol. The first-order valence-electron chi connectivity index (χ1n) is 14.4. The van der Waals surface area contributed by atoms with Crippen molar-refractivity contribution in [3.63, 3.8) is 0 Å². The Morgan fingerprint density at radius 1 is 1.05 bits per heavy atom. The van der Waals surface area contributed by atoms with Crippen molar-refractivity contribution >= 4 is 57.8 Å². The van der Waals surface area contributed by atoms with Crippen molar-refractivity contribution in [2.75, 3.05) is 19.8 Å². The fraction of sp³-hybridized carbons (Fsp3) is 0.406. The van der Waals surface area contributed by atoms with Crippen molar-refractivity contribution < 1.29 is 18.7 Å². The summed E-state index contributed by atoms with van der Waals surface area (Å²) in [5.74, 6) is 0.617. The highest BCUT2D eigenvalue weighted by Crippen LogP contribution is 2.38. The number of carbonyl (C=O) groups is 1. The van der Waals surface area contributed by atoms with Crippen LogP contribution in [0.5, 0.6) is 0 Å². The van der Waals surface area contributed by atoms with E-state index in [9.17, 15) is 4.79 Å². The Labute approximate surface area is 267 Å². The second kappa shape index (κ2) is 12.3. The van der Waals surface area contributed by atoms with E-state index in [1.165, 1.54) is 10.4 Å². The van der Waals surface area contributed by atoms with Crippen molar-refractivity contribution in [3.8, 4) is 0 Å². The molecule has 4 aromatic rings. The third kappa shape index (κ3) is 6.39. The molecule has 1 amide bonds. The van der Waals surface area contributed by atoms with Gasteiger partial charge in [-0.05, 0) is 52.1 Å². The summed E-state index contributed by atoms with van der Waals surface area (Å²) in [6.07, 6.45) is 2.46. The van der Waals surface area contributed by atoms with Gasteiger partial charge in [0.1, 0.15) is 27.6 Å². The van der Waals surface area contributed by atoms with Crippen LogP contribution in [0.25, 0.3) is 5.52 Å². The molecule has 1 saturated heterocycles. The topological polar surface area (TPSA) is 78.2 Å². The number of aromatic nitrogens is 3. The molecule has 8 nitrogen and oxygen atoms in total. The zero-order valence-electron chi connectivity index (χ0n) is 25.4. The Morgan fingerprint density at radius 3 is 2.21 bits per heavy atom. The van der Waals surface area contributed by atoms with Crippen LogP contribution in [0, 0.1) is 0 Å². The van der Waals surface area contributed by atoms with Crippen LogP contribution in [-0.4, -0.2) is 65.1 Å². The summed E-state index contributed by atoms with van der Waals surface area (Å²) < 4.78 is 21.9. The number of imidazole rings is 1. The molecular weight excluding hydrogens is 648 g/mol. The van der Waals surface area contributed by atoms with E-state index >= 15 is 0 Å². The van der Waals surface area contributed by atoms with Crippen LogP contribution in [-0.2, 0) is 13.9 Å². The van der Waals surface area contributed by atoms with E-state index in [4.69, 9.17) is 30.5 Å². The fourth-order valence-electron chi connectivity index (χ4n) is 5.73. The first-order chi connectivity index (χ1) is 20.3. The standard InChI is InChI=1S/C32H38BrClN4O4Si/c1-31(2,3)42-30(39)38-19-25(29-36-27(33)26-28(34)35-17-18-37(26)29)40-20-22(38)21-41-43(32(4,5)6,23-13-9-7-10-14-23)24-15-11-8-12-16-24/h7-18,22,25H,19-21H2,1-6H3. The molecular formula is C32H38BrClN4O4Si. The number of rotatable bonds is 6. The number of benzene rings is 2. The Kier molecular flexibility index (Phi) is 9.07. The maximum atomic E-state index is 13.7. The molecule has 11 heteroatoms. The second-order valence-corrected chi connectivity index (χ2v) is 18.2. The lowest BCUT2D eigenvalue weighted by Crippen LogP contribution is -2.68. The molecule has 2 aromatic heterocycles. The summed E-state index contributed by atoms with van der Waals surface area (Å²) in [7, 11) is -2.84. The minimum absolute atomic E-state index is 0.209. The number of nitrogens with zero attached hydrogens (tertiary/aromatic N) is 4. The number of ether oxygens (including phenoxy) is 2. The van der Waals surface area contributed by atoms with E-state index in [2.05, 4.69) is 90.2 Å². The first-order valence-corrected chi connectivity index (χ1v) is 17.4. The molecule has 0 saturated carbocycles. The third-order valence-corrected chi connectivity index (χ3v) is 13.4. The Balaban J connectivity index is 1.50. The highest BCUT2D eigenvalue weighted by atomic mass is 79.9. The number of halogens is 2. The van der Waals surface area contributed by atoms with Gasteiger partial charge < -0.3 is 13.9 Å². The predicted octanol–water partition coefficient (Wildman–Crippen LogP) is 6.40. The smallest absolute Gasteiger partial charge is 0.410 e. The van der Waals surface area contributed by atoms with E-state index in [1.54, 1.807) is 17.3 Å². The van der Waals surface area contributed by atoms with E-state index < -0.39 is 26.1 Å². The minimum atomic E-state index is -2.84. The van der Waals surface area contributed by atoms with Gasteiger partial charge in [0, 0.05) is 12.4 Å². The van der Waals surface area contributed by atoms with Gasteiger partial charge in [0.15, 0.2) is 5.15 Å². The summed E-state index contributed by atoms with van der Waals surface area (Å²) >= 11 is 9.88. The minimum Gasteiger partial charge on any atom is -0.444 e. The van der Waals surface area contributed by atoms with Gasteiger partial charge in [0.25, 0.3) is 8.32 Å². The molecule has 1 fully saturated rings. The quantitative estimate of drug-likeness (QED) is 0.219. The van der Waals surface area contributed by atoms with Gasteiger partial charge in [-0.25, -0.2) is 14.8 Å². The maximum Gasteiger partial charge on any atom is 0.410 e. The molecule has 0 bridgehead atoms. The molecule has 0 aliphatic carbocycles. The van der Waals surface area contributed by atoms with Crippen LogP contribution in [0.3, 0.4) is 0 Å². The highest BCUT2D eigenvalue weighted by molar-refractivity contribution is 9.10. The van der Waals surface area contributed by atoms with Crippen LogP contribution in [0.15, 0.2) is 77.7 Å². The van der Waals surface area contributed by atoms with Crippen LogP contribution in [0.4, 0.5) is 4.79 Å². The highest BCUT2D eigenvalue weighted by Gasteiger charge is 2.51. The summed E-state index contributed by atoms with van der Waals surface area (Å²) in [5.41, 5.74) is -0.0278. The average Bonchev–Trinajstić information content (AvgIpc) is 3.30. The third-order valence-electron chi connectivity index (χ3n) is 7.61. The Hall–Kier alpha value is -2.76. The molecule has 43 heavy (non-hydrogen) atoms. The number of hydrogen-bond donors (Lipinski definition) is 0. The average molecular weight is 686 g/mol. The molecule has 1 aliphatic rings. The number of carbonyl (C=O) groups excluding carboxylic acids is 1. The van der Waals surface area contributed by atoms with E-state index in [1.807, 2.05) is 37.3 Å². The lowest BCUT2D eigenvalue weighted by Gasteiger charge is -2.45. The van der Waals surface area contributed by atoms with Crippen LogP contribution >= 0.6 is 27.5 Å². The van der Waals surface area contributed by atoms with Crippen LogP contribution in [0.2, 0.25) is 10.2 Å². The molecule has 0 N–H and O–H groups in total. The fourth-order valence-corrected chi connectivity index (χ4v) is 11.2. The number of morpholine rings is 1. The Morgan fingerprint density at radius 2 is 1.65 bits per heavy atom. The molecule has 3 heterocycles. The van der Waals surface area contributed by atoms with Gasteiger partial charge >= 0.3 is 6.09 Å². The summed E-state index contributed by atoms with van der Waals surface area (Å²) in [5, 5.41) is 2.46. The number of hydrogen-bond acceptors (Lipinski definition) is 6. The zero-order chi connectivity index (χ0) is 31.0. The van der Waals surface area contributed by atoms with Crippen molar-refractivity contribution in [1.82, 2.24) is 19.3 Å². The molecule has 0 radical (unpaired) electrons. The first kappa shape index (κ1) is 31.7. The summed E-state index contributed by atoms with van der Waals surface area (Å²) in [6, 6.07) is 20.5. The lowest BCUT2D eigenvalue weighted by atomic mass is 10.1. The largest absolute Gasteiger partial charge is 0.444 e. The van der Waals surface area contributed by atoms with Gasteiger partial charge in [0.05, 0.1) is 25.8 Å². The van der Waals surface area contributed by atoms with Gasteiger partial charge in [-0.3, -0.25) is 9.30 Å². The molecule has 5 rings (SSSR count). The van der Waals surface area contributed by atoms with Crippen molar-refractivity contribution in [2.24, 2.45) is 0 Å². The summed E-state index contributed by atoms with van der Waals surface area (Å²) in [6.45, 7) is 13.1. The van der Waals surface area contributed by atoms with Gasteiger partial charge in [-0.2, -0.15) is 0 Å². The van der Waals surface area contributed by atoms with Gasteiger partial charge in [0.2, 0.25) is 0 Å². The van der Waals surface area contributed by atoms with E-state index in [0.717, 1.165) is 0 Å². The molecule has 0 spiro atoms. The maximum absolute atomic E-state index is 13.7. The van der Waals surface area contributed by atoms with Crippen molar-refractivity contribution in [2.45, 2.75) is 64.3 Å².